The maximum atomic E-state index is 12.6. The Bertz CT molecular complexity index is 728. The molecule has 0 saturated carbocycles. The molecular weight excluding hydrogens is 383 g/mol. The predicted octanol–water partition coefficient (Wildman–Crippen LogP) is 4.81. The van der Waals surface area contributed by atoms with Crippen LogP contribution in [0.1, 0.15) is 31.5 Å². The number of nitrogens with two attached hydrogens (primary N) is 1. The predicted molar refractivity (Wildman–Crippen MR) is 101 cm³/mol. The second-order valence-corrected chi connectivity index (χ2v) is 8.17. The van der Waals surface area contributed by atoms with Crippen LogP contribution in [0, 0.1) is 5.41 Å². The van der Waals surface area contributed by atoms with E-state index in [-0.39, 0.29) is 23.9 Å². The zero-order chi connectivity index (χ0) is 18.2. The Morgan fingerprint density at radius 3 is 2.50 bits per heavy atom. The molecule has 1 fully saturated rings. The van der Waals surface area contributed by atoms with Crippen molar-refractivity contribution in [3.05, 3.63) is 40.9 Å². The first-order chi connectivity index (χ1) is 11.6. The molecule has 1 atom stereocenters. The van der Waals surface area contributed by atoms with E-state index in [0.29, 0.717) is 5.56 Å². The van der Waals surface area contributed by atoms with Gasteiger partial charge in [-0.25, -0.2) is 4.98 Å². The van der Waals surface area contributed by atoms with Gasteiger partial charge in [0.2, 0.25) is 0 Å². The highest BCUT2D eigenvalue weighted by Gasteiger charge is 2.33. The second-order valence-electron chi connectivity index (χ2n) is 7.31. The van der Waals surface area contributed by atoms with Crippen LogP contribution in [0.2, 0.25) is 0 Å². The van der Waals surface area contributed by atoms with Gasteiger partial charge in [0.15, 0.2) is 0 Å². The lowest BCUT2D eigenvalue weighted by atomic mass is 9.80. The van der Waals surface area contributed by atoms with Gasteiger partial charge in [-0.15, -0.1) is 23.7 Å². The Labute approximate surface area is 161 Å². The van der Waals surface area contributed by atoms with E-state index >= 15 is 0 Å². The van der Waals surface area contributed by atoms with Crippen LogP contribution >= 0.6 is 23.7 Å². The van der Waals surface area contributed by atoms with Gasteiger partial charge in [-0.1, -0.05) is 26.0 Å². The van der Waals surface area contributed by atoms with Crippen molar-refractivity contribution in [3.63, 3.8) is 0 Å². The van der Waals surface area contributed by atoms with Gasteiger partial charge in [-0.05, 0) is 24.0 Å². The molecule has 0 aliphatic carbocycles. The van der Waals surface area contributed by atoms with Gasteiger partial charge in [-0.2, -0.15) is 13.2 Å². The smallest absolute Gasteiger partial charge is 0.327 e. The van der Waals surface area contributed by atoms with E-state index in [0.717, 1.165) is 48.9 Å². The number of thiazole rings is 1. The number of nitrogens with zero attached hydrogens (tertiary/aromatic N) is 2. The number of hydrogen-bond acceptors (Lipinski definition) is 4. The minimum atomic E-state index is -4.31. The van der Waals surface area contributed by atoms with Crippen LogP contribution in [0.15, 0.2) is 29.6 Å². The molecule has 1 aromatic carbocycles. The SMILES string of the molecule is CC1(C)CN(Cc2csc(-c3ccc(C(F)(F)F)cc3)n2)CCC1N.Cl. The van der Waals surface area contributed by atoms with Gasteiger partial charge in [0, 0.05) is 36.6 Å². The topological polar surface area (TPSA) is 42.2 Å². The molecule has 0 amide bonds. The first-order valence-electron chi connectivity index (χ1n) is 8.25. The Morgan fingerprint density at radius 1 is 1.27 bits per heavy atom. The minimum Gasteiger partial charge on any atom is -0.327 e. The number of likely N-dealkylation sites (tertiary alicyclic amines) is 1. The second kappa shape index (κ2) is 7.84. The van der Waals surface area contributed by atoms with Gasteiger partial charge < -0.3 is 5.73 Å². The first-order valence-corrected chi connectivity index (χ1v) is 9.13. The van der Waals surface area contributed by atoms with E-state index in [1.807, 2.05) is 5.38 Å². The summed E-state index contributed by atoms with van der Waals surface area (Å²) in [6, 6.07) is 5.38. The summed E-state index contributed by atoms with van der Waals surface area (Å²) in [4.78, 5) is 6.94. The van der Waals surface area contributed by atoms with Crippen molar-refractivity contribution in [3.8, 4) is 10.6 Å². The Kier molecular flexibility index (Phi) is 6.38. The van der Waals surface area contributed by atoms with Crippen molar-refractivity contribution < 1.29 is 13.2 Å². The van der Waals surface area contributed by atoms with E-state index in [4.69, 9.17) is 5.73 Å². The van der Waals surface area contributed by atoms with Crippen LogP contribution in [0.25, 0.3) is 10.6 Å². The number of hydrogen-bond donors (Lipinski definition) is 1. The molecule has 1 unspecified atom stereocenters. The number of halogens is 4. The van der Waals surface area contributed by atoms with Crippen LogP contribution in [0.4, 0.5) is 13.2 Å². The number of rotatable bonds is 3. The van der Waals surface area contributed by atoms with Crippen molar-refractivity contribution in [2.24, 2.45) is 11.1 Å². The highest BCUT2D eigenvalue weighted by Crippen LogP contribution is 2.32. The molecule has 8 heteroatoms. The van der Waals surface area contributed by atoms with Crippen LogP contribution in [0.5, 0.6) is 0 Å². The average molecular weight is 406 g/mol. The molecule has 0 spiro atoms. The van der Waals surface area contributed by atoms with Crippen LogP contribution in [0.3, 0.4) is 0 Å². The molecule has 1 aliphatic heterocycles. The standard InChI is InChI=1S/C18H22F3N3S.ClH/c1-17(2)11-24(8-7-15(17)22)9-14-10-25-16(23-14)12-3-5-13(6-4-12)18(19,20)21;/h3-6,10,15H,7-9,11,22H2,1-2H3;1H. The summed E-state index contributed by atoms with van der Waals surface area (Å²) in [5.74, 6) is 0. The summed E-state index contributed by atoms with van der Waals surface area (Å²) in [6.45, 7) is 6.96. The summed E-state index contributed by atoms with van der Waals surface area (Å²) < 4.78 is 37.9. The van der Waals surface area contributed by atoms with E-state index in [1.165, 1.54) is 23.5 Å². The van der Waals surface area contributed by atoms with Crippen molar-refractivity contribution >= 4 is 23.7 Å². The largest absolute Gasteiger partial charge is 0.416 e. The van der Waals surface area contributed by atoms with Gasteiger partial charge in [0.1, 0.15) is 5.01 Å². The maximum Gasteiger partial charge on any atom is 0.416 e. The van der Waals surface area contributed by atoms with Gasteiger partial charge in [0.05, 0.1) is 11.3 Å². The molecule has 1 aliphatic rings. The third kappa shape index (κ3) is 4.76. The maximum absolute atomic E-state index is 12.6. The summed E-state index contributed by atoms with van der Waals surface area (Å²) in [5, 5.41) is 2.73. The Hall–Kier alpha value is -1.15. The lowest BCUT2D eigenvalue weighted by Crippen LogP contribution is -2.52. The summed E-state index contributed by atoms with van der Waals surface area (Å²) in [7, 11) is 0. The highest BCUT2D eigenvalue weighted by molar-refractivity contribution is 7.13. The normalized spacial score (nSPS) is 20.6. The molecule has 1 saturated heterocycles. The fourth-order valence-corrected chi connectivity index (χ4v) is 3.98. The zero-order valence-corrected chi connectivity index (χ0v) is 16.3. The van der Waals surface area contributed by atoms with Crippen molar-refractivity contribution in [1.82, 2.24) is 9.88 Å². The third-order valence-corrected chi connectivity index (χ3v) is 5.73. The monoisotopic (exact) mass is 405 g/mol. The molecule has 2 heterocycles. The number of aromatic nitrogens is 1. The fourth-order valence-electron chi connectivity index (χ4n) is 3.16. The van der Waals surface area contributed by atoms with Gasteiger partial charge in [-0.3, -0.25) is 4.90 Å². The lowest BCUT2D eigenvalue weighted by molar-refractivity contribution is -0.137. The van der Waals surface area contributed by atoms with Gasteiger partial charge in [0.25, 0.3) is 0 Å². The van der Waals surface area contributed by atoms with Crippen LogP contribution in [-0.4, -0.2) is 29.0 Å². The molecule has 3 nitrogen and oxygen atoms in total. The average Bonchev–Trinajstić information content (AvgIpc) is 2.98. The molecule has 2 aromatic rings. The summed E-state index contributed by atoms with van der Waals surface area (Å²) >= 11 is 1.46. The molecule has 144 valence electrons. The molecule has 3 rings (SSSR count). The third-order valence-electron chi connectivity index (χ3n) is 4.79. The van der Waals surface area contributed by atoms with Crippen molar-refractivity contribution in [2.75, 3.05) is 13.1 Å². The van der Waals surface area contributed by atoms with Crippen LogP contribution < -0.4 is 5.73 Å². The number of alkyl halides is 3. The zero-order valence-electron chi connectivity index (χ0n) is 14.7. The van der Waals surface area contributed by atoms with Crippen molar-refractivity contribution in [2.45, 2.75) is 39.0 Å². The molecular formula is C18H23ClF3N3S. The summed E-state index contributed by atoms with van der Waals surface area (Å²) in [6.07, 6.45) is -3.35. The number of benzene rings is 1. The Balaban J connectivity index is 0.00000243. The fraction of sp³-hybridized carbons (Fsp3) is 0.500. The molecule has 26 heavy (non-hydrogen) atoms. The first kappa shape index (κ1) is 21.2. The van der Waals surface area contributed by atoms with E-state index in [2.05, 4.69) is 23.7 Å². The van der Waals surface area contributed by atoms with Crippen molar-refractivity contribution in [1.29, 1.82) is 0 Å². The lowest BCUT2D eigenvalue weighted by Gasteiger charge is -2.42. The van der Waals surface area contributed by atoms with E-state index in [1.54, 1.807) is 0 Å². The quantitative estimate of drug-likeness (QED) is 0.796. The minimum absolute atomic E-state index is 0. The van der Waals surface area contributed by atoms with E-state index < -0.39 is 11.7 Å². The highest BCUT2D eigenvalue weighted by atomic mass is 35.5. The Morgan fingerprint density at radius 2 is 1.92 bits per heavy atom. The van der Waals surface area contributed by atoms with E-state index in [9.17, 15) is 13.2 Å². The van der Waals surface area contributed by atoms with Crippen LogP contribution in [-0.2, 0) is 12.7 Å². The van der Waals surface area contributed by atoms with Gasteiger partial charge >= 0.3 is 6.18 Å². The number of piperidine rings is 1. The molecule has 0 radical (unpaired) electrons. The molecule has 0 bridgehead atoms. The summed E-state index contributed by atoms with van der Waals surface area (Å²) in [5.41, 5.74) is 7.27. The molecule has 1 aromatic heterocycles. The molecule has 2 N–H and O–H groups in total.